The SMILES string of the molecule is Cc1ccc(OCC2CC2)c(C2(C(C)N)CC2)c1. The lowest BCUT2D eigenvalue weighted by Gasteiger charge is -2.23. The van der Waals surface area contributed by atoms with Crippen LogP contribution in [0.25, 0.3) is 0 Å². The smallest absolute Gasteiger partial charge is 0.123 e. The molecular weight excluding hydrogens is 222 g/mol. The maximum Gasteiger partial charge on any atom is 0.123 e. The molecule has 0 aromatic heterocycles. The third-order valence-corrected chi connectivity index (χ3v) is 4.50. The quantitative estimate of drug-likeness (QED) is 0.865. The van der Waals surface area contributed by atoms with E-state index in [1.165, 1.54) is 36.8 Å². The van der Waals surface area contributed by atoms with Crippen LogP contribution in [0.4, 0.5) is 0 Å². The van der Waals surface area contributed by atoms with E-state index in [9.17, 15) is 0 Å². The lowest BCUT2D eigenvalue weighted by molar-refractivity contribution is 0.292. The van der Waals surface area contributed by atoms with Gasteiger partial charge in [0.25, 0.3) is 0 Å². The van der Waals surface area contributed by atoms with Crippen molar-refractivity contribution in [1.82, 2.24) is 0 Å². The average Bonchev–Trinajstić information content (AvgIpc) is 3.21. The zero-order chi connectivity index (χ0) is 12.8. The second-order valence-electron chi connectivity index (χ2n) is 6.20. The molecule has 2 nitrogen and oxygen atoms in total. The van der Waals surface area contributed by atoms with Gasteiger partial charge in [0, 0.05) is 17.0 Å². The van der Waals surface area contributed by atoms with Gasteiger partial charge in [-0.2, -0.15) is 0 Å². The van der Waals surface area contributed by atoms with Crippen LogP contribution in [-0.2, 0) is 5.41 Å². The Morgan fingerprint density at radius 3 is 2.67 bits per heavy atom. The molecular formula is C16H23NO. The molecule has 0 heterocycles. The maximum absolute atomic E-state index is 6.20. The number of rotatable bonds is 5. The predicted octanol–water partition coefficient (Wildman–Crippen LogP) is 3.16. The van der Waals surface area contributed by atoms with E-state index in [0.717, 1.165) is 18.3 Å². The van der Waals surface area contributed by atoms with Crippen LogP contribution >= 0.6 is 0 Å². The predicted molar refractivity (Wildman–Crippen MR) is 74.0 cm³/mol. The highest BCUT2D eigenvalue weighted by Crippen LogP contribution is 2.53. The van der Waals surface area contributed by atoms with Crippen LogP contribution in [0.15, 0.2) is 18.2 Å². The highest BCUT2D eigenvalue weighted by Gasteiger charge is 2.49. The normalized spacial score (nSPS) is 22.6. The summed E-state index contributed by atoms with van der Waals surface area (Å²) in [7, 11) is 0. The maximum atomic E-state index is 6.20. The molecule has 0 spiro atoms. The molecule has 0 amide bonds. The molecule has 1 atom stereocenters. The molecule has 0 radical (unpaired) electrons. The number of hydrogen-bond acceptors (Lipinski definition) is 2. The van der Waals surface area contributed by atoms with Crippen molar-refractivity contribution in [3.63, 3.8) is 0 Å². The molecule has 1 aromatic carbocycles. The average molecular weight is 245 g/mol. The van der Waals surface area contributed by atoms with Gasteiger partial charge < -0.3 is 10.5 Å². The van der Waals surface area contributed by atoms with Crippen LogP contribution in [-0.4, -0.2) is 12.6 Å². The van der Waals surface area contributed by atoms with Crippen LogP contribution in [0.3, 0.4) is 0 Å². The Morgan fingerprint density at radius 2 is 2.11 bits per heavy atom. The van der Waals surface area contributed by atoms with Gasteiger partial charge in [0.1, 0.15) is 5.75 Å². The minimum absolute atomic E-state index is 0.185. The van der Waals surface area contributed by atoms with Crippen LogP contribution in [0, 0.1) is 12.8 Å². The second kappa shape index (κ2) is 4.27. The molecule has 98 valence electrons. The fraction of sp³-hybridized carbons (Fsp3) is 0.625. The molecule has 0 aliphatic heterocycles. The zero-order valence-corrected chi connectivity index (χ0v) is 11.4. The van der Waals surface area contributed by atoms with Gasteiger partial charge in [-0.25, -0.2) is 0 Å². The Hall–Kier alpha value is -1.02. The Labute approximate surface area is 110 Å². The van der Waals surface area contributed by atoms with Gasteiger partial charge in [-0.1, -0.05) is 17.7 Å². The summed E-state index contributed by atoms with van der Waals surface area (Å²) in [4.78, 5) is 0. The third kappa shape index (κ3) is 2.14. The fourth-order valence-corrected chi connectivity index (χ4v) is 2.76. The number of nitrogens with two attached hydrogens (primary N) is 1. The first-order valence-corrected chi connectivity index (χ1v) is 7.11. The lowest BCUT2D eigenvalue weighted by Crippen LogP contribution is -2.32. The van der Waals surface area contributed by atoms with E-state index in [0.29, 0.717) is 0 Å². The molecule has 2 heteroatoms. The first kappa shape index (κ1) is 12.0. The largest absolute Gasteiger partial charge is 0.493 e. The highest BCUT2D eigenvalue weighted by molar-refractivity contribution is 5.46. The monoisotopic (exact) mass is 245 g/mol. The van der Waals surface area contributed by atoms with Crippen molar-refractivity contribution in [2.24, 2.45) is 11.7 Å². The second-order valence-corrected chi connectivity index (χ2v) is 6.20. The molecule has 0 bridgehead atoms. The number of ether oxygens (including phenoxy) is 1. The highest BCUT2D eigenvalue weighted by atomic mass is 16.5. The first-order valence-electron chi connectivity index (χ1n) is 7.11. The molecule has 2 aliphatic rings. The van der Waals surface area contributed by atoms with E-state index in [1.54, 1.807) is 0 Å². The topological polar surface area (TPSA) is 35.2 Å². The minimum atomic E-state index is 0.185. The molecule has 1 unspecified atom stereocenters. The van der Waals surface area contributed by atoms with Crippen molar-refractivity contribution in [1.29, 1.82) is 0 Å². The van der Waals surface area contributed by atoms with Gasteiger partial charge in [0.2, 0.25) is 0 Å². The Kier molecular flexibility index (Phi) is 2.86. The van der Waals surface area contributed by atoms with Gasteiger partial charge in [-0.05, 0) is 51.5 Å². The van der Waals surface area contributed by atoms with E-state index in [1.807, 2.05) is 0 Å². The summed E-state index contributed by atoms with van der Waals surface area (Å²) >= 11 is 0. The molecule has 2 saturated carbocycles. The molecule has 2 N–H and O–H groups in total. The van der Waals surface area contributed by atoms with Gasteiger partial charge in [0.15, 0.2) is 0 Å². The number of benzene rings is 1. The van der Waals surface area contributed by atoms with E-state index in [2.05, 4.69) is 32.0 Å². The number of aryl methyl sites for hydroxylation is 1. The first-order chi connectivity index (χ1) is 8.62. The summed E-state index contributed by atoms with van der Waals surface area (Å²) in [5, 5.41) is 0. The zero-order valence-electron chi connectivity index (χ0n) is 11.4. The van der Waals surface area contributed by atoms with Crippen molar-refractivity contribution >= 4 is 0 Å². The molecule has 2 fully saturated rings. The van der Waals surface area contributed by atoms with Gasteiger partial charge in [-0.15, -0.1) is 0 Å². The van der Waals surface area contributed by atoms with Crippen molar-refractivity contribution in [2.75, 3.05) is 6.61 Å². The van der Waals surface area contributed by atoms with E-state index >= 15 is 0 Å². The van der Waals surface area contributed by atoms with E-state index in [4.69, 9.17) is 10.5 Å². The molecule has 0 saturated heterocycles. The summed E-state index contributed by atoms with van der Waals surface area (Å²) in [5.41, 5.74) is 9.03. The Morgan fingerprint density at radius 1 is 1.39 bits per heavy atom. The van der Waals surface area contributed by atoms with Crippen LogP contribution < -0.4 is 10.5 Å². The summed E-state index contributed by atoms with van der Waals surface area (Å²) < 4.78 is 6.04. The molecule has 3 rings (SSSR count). The standard InChI is InChI=1S/C16H23NO/c1-11-3-6-15(18-10-13-4-5-13)14(9-11)16(7-8-16)12(2)17/h3,6,9,12-13H,4-5,7-8,10,17H2,1-2H3. The van der Waals surface area contributed by atoms with Gasteiger partial charge in [-0.3, -0.25) is 0 Å². The summed E-state index contributed by atoms with van der Waals surface area (Å²) in [6, 6.07) is 6.76. The van der Waals surface area contributed by atoms with E-state index in [-0.39, 0.29) is 11.5 Å². The minimum Gasteiger partial charge on any atom is -0.493 e. The summed E-state index contributed by atoms with van der Waals surface area (Å²) in [6.07, 6.45) is 5.07. The van der Waals surface area contributed by atoms with Crippen molar-refractivity contribution in [2.45, 2.75) is 51.0 Å². The summed E-state index contributed by atoms with van der Waals surface area (Å²) in [6.45, 7) is 5.15. The number of hydrogen-bond donors (Lipinski definition) is 1. The van der Waals surface area contributed by atoms with Gasteiger partial charge in [0.05, 0.1) is 6.61 Å². The van der Waals surface area contributed by atoms with Crippen molar-refractivity contribution in [3.05, 3.63) is 29.3 Å². The van der Waals surface area contributed by atoms with Crippen molar-refractivity contribution < 1.29 is 4.74 Å². The van der Waals surface area contributed by atoms with Crippen LogP contribution in [0.5, 0.6) is 5.75 Å². The Bertz CT molecular complexity index is 444. The van der Waals surface area contributed by atoms with E-state index < -0.39 is 0 Å². The molecule has 1 aromatic rings. The molecule has 2 aliphatic carbocycles. The van der Waals surface area contributed by atoms with Crippen molar-refractivity contribution in [3.8, 4) is 5.75 Å². The third-order valence-electron chi connectivity index (χ3n) is 4.50. The van der Waals surface area contributed by atoms with Crippen LogP contribution in [0.1, 0.15) is 43.7 Å². The lowest BCUT2D eigenvalue weighted by atomic mass is 9.88. The van der Waals surface area contributed by atoms with Gasteiger partial charge >= 0.3 is 0 Å². The Balaban J connectivity index is 1.87. The fourth-order valence-electron chi connectivity index (χ4n) is 2.76. The van der Waals surface area contributed by atoms with Crippen LogP contribution in [0.2, 0.25) is 0 Å². The molecule has 18 heavy (non-hydrogen) atoms. The summed E-state index contributed by atoms with van der Waals surface area (Å²) in [5.74, 6) is 1.87.